The summed E-state index contributed by atoms with van der Waals surface area (Å²) in [5.74, 6) is -2.41. The van der Waals surface area contributed by atoms with E-state index in [0.717, 1.165) is 13.0 Å². The number of nitriles is 1. The predicted molar refractivity (Wildman–Crippen MR) is 70.9 cm³/mol. The summed E-state index contributed by atoms with van der Waals surface area (Å²) < 4.78 is 28.2. The molecule has 5 heteroatoms. The topological polar surface area (TPSA) is 66.9 Å². The zero-order valence-corrected chi connectivity index (χ0v) is 10.6. The van der Waals surface area contributed by atoms with Gasteiger partial charge in [-0.2, -0.15) is 5.26 Å². The van der Waals surface area contributed by atoms with E-state index in [2.05, 4.69) is 0 Å². The first-order valence-corrected chi connectivity index (χ1v) is 5.74. The number of benzene rings is 2. The van der Waals surface area contributed by atoms with E-state index in [9.17, 15) is 13.6 Å². The van der Waals surface area contributed by atoms with Crippen molar-refractivity contribution < 1.29 is 13.6 Å². The number of hydrogen-bond acceptors (Lipinski definition) is 3. The molecule has 2 N–H and O–H groups in total. The average Bonchev–Trinajstić information content (AvgIpc) is 2.38. The van der Waals surface area contributed by atoms with Crippen molar-refractivity contribution in [2.45, 2.75) is 6.92 Å². The Morgan fingerprint density at radius 1 is 1.25 bits per heavy atom. The Hall–Kier alpha value is -2.74. The van der Waals surface area contributed by atoms with Crippen molar-refractivity contribution in [2.75, 3.05) is 5.73 Å². The molecule has 0 aliphatic heterocycles. The van der Waals surface area contributed by atoms with Gasteiger partial charge in [-0.05, 0) is 30.7 Å². The van der Waals surface area contributed by atoms with Crippen molar-refractivity contribution in [1.82, 2.24) is 0 Å². The third-order valence-corrected chi connectivity index (χ3v) is 2.90. The molecule has 0 fully saturated rings. The second kappa shape index (κ2) is 5.10. The summed E-state index contributed by atoms with van der Waals surface area (Å²) in [5, 5.41) is 8.70. The number of carbonyl (C=O) groups is 1. The van der Waals surface area contributed by atoms with Crippen molar-refractivity contribution in [2.24, 2.45) is 0 Å². The number of Topliss-reactive ketones (excluding diaryl/α,β-unsaturated/α-hetero) is 1. The molecule has 0 aliphatic carbocycles. The number of ketones is 1. The number of carbonyl (C=O) groups excluding carboxylic acids is 1. The molecule has 0 aliphatic rings. The van der Waals surface area contributed by atoms with Crippen molar-refractivity contribution in [1.29, 1.82) is 5.26 Å². The Morgan fingerprint density at radius 2 is 1.85 bits per heavy atom. The second-order valence-corrected chi connectivity index (χ2v) is 4.26. The molecule has 0 saturated carbocycles. The van der Waals surface area contributed by atoms with E-state index in [1.807, 2.05) is 6.07 Å². The van der Waals surface area contributed by atoms with E-state index >= 15 is 0 Å². The summed E-state index contributed by atoms with van der Waals surface area (Å²) >= 11 is 0. The van der Waals surface area contributed by atoms with E-state index in [1.165, 1.54) is 24.3 Å². The van der Waals surface area contributed by atoms with Gasteiger partial charge in [-0.15, -0.1) is 0 Å². The van der Waals surface area contributed by atoms with E-state index in [0.29, 0.717) is 5.56 Å². The van der Waals surface area contributed by atoms with Gasteiger partial charge in [0.1, 0.15) is 11.6 Å². The lowest BCUT2D eigenvalue weighted by Crippen LogP contribution is -2.07. The first-order chi connectivity index (χ1) is 9.45. The van der Waals surface area contributed by atoms with Crippen LogP contribution in [0.3, 0.4) is 0 Å². The van der Waals surface area contributed by atoms with Crippen LogP contribution in [-0.2, 0) is 0 Å². The van der Waals surface area contributed by atoms with Gasteiger partial charge >= 0.3 is 0 Å². The Balaban J connectivity index is 2.70. The molecule has 0 saturated heterocycles. The van der Waals surface area contributed by atoms with Gasteiger partial charge in [0.2, 0.25) is 0 Å². The van der Waals surface area contributed by atoms with Crippen LogP contribution in [0, 0.1) is 23.0 Å². The van der Waals surface area contributed by atoms with Gasteiger partial charge in [-0.25, -0.2) is 8.78 Å². The van der Waals surface area contributed by atoms with Crippen LogP contribution in [0.25, 0.3) is 11.1 Å². The molecular weight excluding hydrogens is 262 g/mol. The highest BCUT2D eigenvalue weighted by Gasteiger charge is 2.21. The fourth-order valence-electron chi connectivity index (χ4n) is 1.97. The van der Waals surface area contributed by atoms with Crippen LogP contribution in [0.15, 0.2) is 30.3 Å². The molecule has 0 aromatic heterocycles. The highest BCUT2D eigenvalue weighted by atomic mass is 19.1. The summed E-state index contributed by atoms with van der Waals surface area (Å²) in [6, 6.07) is 8.55. The van der Waals surface area contributed by atoms with Crippen LogP contribution in [0.4, 0.5) is 14.5 Å². The molecule has 0 amide bonds. The van der Waals surface area contributed by atoms with Crippen LogP contribution in [0.5, 0.6) is 0 Å². The lowest BCUT2D eigenvalue weighted by atomic mass is 9.97. The van der Waals surface area contributed by atoms with E-state index < -0.39 is 17.4 Å². The largest absolute Gasteiger partial charge is 0.398 e. The molecule has 20 heavy (non-hydrogen) atoms. The molecule has 0 bridgehead atoms. The minimum atomic E-state index is -0.986. The van der Waals surface area contributed by atoms with Crippen LogP contribution in [-0.4, -0.2) is 5.78 Å². The molecule has 0 radical (unpaired) electrons. The predicted octanol–water partition coefficient (Wildman–Crippen LogP) is 3.29. The quantitative estimate of drug-likeness (QED) is 0.673. The van der Waals surface area contributed by atoms with Crippen LogP contribution >= 0.6 is 0 Å². The van der Waals surface area contributed by atoms with Gasteiger partial charge in [0.25, 0.3) is 0 Å². The minimum Gasteiger partial charge on any atom is -0.398 e. The lowest BCUT2D eigenvalue weighted by molar-refractivity contribution is 0.101. The smallest absolute Gasteiger partial charge is 0.164 e. The number of nitrogens with zero attached hydrogens (tertiary/aromatic N) is 1. The van der Waals surface area contributed by atoms with Crippen LogP contribution in [0.1, 0.15) is 22.8 Å². The number of nitrogens with two attached hydrogens (primary N) is 1. The lowest BCUT2D eigenvalue weighted by Gasteiger charge is -2.11. The Bertz CT molecular complexity index is 731. The van der Waals surface area contributed by atoms with E-state index in [-0.39, 0.29) is 22.4 Å². The number of anilines is 1. The van der Waals surface area contributed by atoms with Crippen molar-refractivity contribution in [3.05, 3.63) is 53.1 Å². The number of rotatable bonds is 2. The second-order valence-electron chi connectivity index (χ2n) is 4.26. The van der Waals surface area contributed by atoms with Gasteiger partial charge in [-0.1, -0.05) is 12.1 Å². The zero-order valence-electron chi connectivity index (χ0n) is 10.6. The first kappa shape index (κ1) is 13.7. The van der Waals surface area contributed by atoms with Crippen molar-refractivity contribution >= 4 is 11.5 Å². The molecular formula is C15H10F2N2O. The molecule has 0 unspecified atom stereocenters. The zero-order chi connectivity index (χ0) is 14.9. The summed E-state index contributed by atoms with van der Waals surface area (Å²) in [7, 11) is 0. The Morgan fingerprint density at radius 3 is 2.35 bits per heavy atom. The molecule has 2 aromatic rings. The van der Waals surface area contributed by atoms with Crippen LogP contribution < -0.4 is 5.73 Å². The Kier molecular flexibility index (Phi) is 3.49. The number of halogens is 2. The van der Waals surface area contributed by atoms with Gasteiger partial charge in [0.15, 0.2) is 5.78 Å². The van der Waals surface area contributed by atoms with E-state index in [1.54, 1.807) is 0 Å². The van der Waals surface area contributed by atoms with Gasteiger partial charge in [-0.3, -0.25) is 4.79 Å². The van der Waals surface area contributed by atoms with Crippen LogP contribution in [0.2, 0.25) is 0 Å². The van der Waals surface area contributed by atoms with Gasteiger partial charge in [0, 0.05) is 5.69 Å². The van der Waals surface area contributed by atoms with Gasteiger partial charge < -0.3 is 5.73 Å². The maximum atomic E-state index is 14.3. The third-order valence-electron chi connectivity index (χ3n) is 2.90. The maximum Gasteiger partial charge on any atom is 0.164 e. The third kappa shape index (κ3) is 2.24. The Labute approximate surface area is 114 Å². The monoisotopic (exact) mass is 272 g/mol. The van der Waals surface area contributed by atoms with Crippen molar-refractivity contribution in [3.8, 4) is 17.2 Å². The summed E-state index contributed by atoms with van der Waals surface area (Å²) in [4.78, 5) is 11.4. The molecule has 2 aromatic carbocycles. The molecule has 100 valence electrons. The van der Waals surface area contributed by atoms with Gasteiger partial charge in [0.05, 0.1) is 22.8 Å². The highest BCUT2D eigenvalue weighted by molar-refractivity contribution is 6.00. The first-order valence-electron chi connectivity index (χ1n) is 5.74. The SMILES string of the molecule is CC(=O)c1c(N)cc(F)c(-c2ccc(C#N)cc2)c1F. The molecule has 2 rings (SSSR count). The average molecular weight is 272 g/mol. The molecule has 0 spiro atoms. The standard InChI is InChI=1S/C15H10F2N2O/c1-8(20)13-12(19)6-11(16)14(15(13)17)10-4-2-9(7-18)3-5-10/h2-6H,19H2,1H3. The molecule has 3 nitrogen and oxygen atoms in total. The minimum absolute atomic E-state index is 0.232. The number of nitrogen functional groups attached to an aromatic ring is 1. The maximum absolute atomic E-state index is 14.3. The summed E-state index contributed by atoms with van der Waals surface area (Å²) in [6.07, 6.45) is 0. The fraction of sp³-hybridized carbons (Fsp3) is 0.0667. The number of hydrogen-bond donors (Lipinski definition) is 1. The summed E-state index contributed by atoms with van der Waals surface area (Å²) in [6.45, 7) is 1.16. The molecule has 0 atom stereocenters. The highest BCUT2D eigenvalue weighted by Crippen LogP contribution is 2.31. The van der Waals surface area contributed by atoms with E-state index in [4.69, 9.17) is 11.0 Å². The fourth-order valence-corrected chi connectivity index (χ4v) is 1.97. The summed E-state index contributed by atoms with van der Waals surface area (Å²) in [5.41, 5.74) is 5.20. The molecule has 0 heterocycles. The normalized spacial score (nSPS) is 10.1. The van der Waals surface area contributed by atoms with Crippen molar-refractivity contribution in [3.63, 3.8) is 0 Å².